The highest BCUT2D eigenvalue weighted by Gasteiger charge is 2.52. The fourth-order valence-corrected chi connectivity index (χ4v) is 6.39. The van der Waals surface area contributed by atoms with E-state index in [0.29, 0.717) is 47.8 Å². The van der Waals surface area contributed by atoms with Crippen LogP contribution < -0.4 is 4.90 Å². The highest BCUT2D eigenvalue weighted by atomic mass is 35.5. The molecule has 224 valence electrons. The molecular weight excluding hydrogens is 581 g/mol. The molecule has 3 aromatic carbocycles. The molecule has 4 aromatic rings. The van der Waals surface area contributed by atoms with E-state index in [9.17, 15) is 22.8 Å². The Kier molecular flexibility index (Phi) is 7.81. The average molecular weight is 611 g/mol. The zero-order chi connectivity index (χ0) is 30.2. The predicted molar refractivity (Wildman–Crippen MR) is 157 cm³/mol. The van der Waals surface area contributed by atoms with Gasteiger partial charge in [0.05, 0.1) is 23.0 Å². The Bertz CT molecular complexity index is 1650. The summed E-state index contributed by atoms with van der Waals surface area (Å²) in [6, 6.07) is 22.1. The molecule has 0 unspecified atom stereocenters. The number of carbonyl (C=O) groups is 2. The van der Waals surface area contributed by atoms with E-state index < -0.39 is 24.1 Å². The minimum Gasteiger partial charge on any atom is -0.445 e. The second-order valence-corrected chi connectivity index (χ2v) is 11.5. The topological polar surface area (TPSA) is 67.7 Å². The summed E-state index contributed by atoms with van der Waals surface area (Å²) in [6.07, 6.45) is -4.86. The molecule has 2 aliphatic rings. The molecule has 43 heavy (non-hydrogen) atoms. The second kappa shape index (κ2) is 11.6. The zero-order valence-electron chi connectivity index (χ0n) is 23.3. The van der Waals surface area contributed by atoms with Gasteiger partial charge in [0.1, 0.15) is 12.4 Å². The molecule has 0 saturated carbocycles. The number of piperidine rings is 1. The molecule has 0 aliphatic carbocycles. The number of imidazole rings is 1. The summed E-state index contributed by atoms with van der Waals surface area (Å²) in [4.78, 5) is 35.1. The molecule has 0 N–H and O–H groups in total. The first-order valence-electron chi connectivity index (χ1n) is 14.2. The number of nitrogens with zero attached hydrogens (tertiary/aromatic N) is 4. The third kappa shape index (κ3) is 5.80. The number of halogens is 4. The van der Waals surface area contributed by atoms with Gasteiger partial charge in [-0.15, -0.1) is 0 Å². The van der Waals surface area contributed by atoms with Crippen molar-refractivity contribution in [2.75, 3.05) is 18.0 Å². The van der Waals surface area contributed by atoms with E-state index in [4.69, 9.17) is 21.3 Å². The number of carbonyl (C=O) groups excluding carboxylic acids is 2. The van der Waals surface area contributed by atoms with E-state index >= 15 is 0 Å². The lowest BCUT2D eigenvalue weighted by molar-refractivity contribution is -0.135. The Morgan fingerprint density at radius 2 is 1.72 bits per heavy atom. The van der Waals surface area contributed by atoms with Crippen molar-refractivity contribution < 1.29 is 27.5 Å². The lowest BCUT2D eigenvalue weighted by atomic mass is 9.74. The minimum absolute atomic E-state index is 0.0960. The van der Waals surface area contributed by atoms with Gasteiger partial charge in [-0.25, -0.2) is 9.78 Å². The number of hydrogen-bond donors (Lipinski definition) is 0. The number of rotatable bonds is 7. The lowest BCUT2D eigenvalue weighted by Crippen LogP contribution is -2.50. The van der Waals surface area contributed by atoms with Gasteiger partial charge in [0.15, 0.2) is 0 Å². The summed E-state index contributed by atoms with van der Waals surface area (Å²) >= 11 is 6.19. The van der Waals surface area contributed by atoms with Gasteiger partial charge in [-0.2, -0.15) is 13.2 Å². The molecule has 1 fully saturated rings. The van der Waals surface area contributed by atoms with Crippen molar-refractivity contribution in [3.8, 4) is 0 Å². The molecule has 0 radical (unpaired) electrons. The van der Waals surface area contributed by atoms with Crippen molar-refractivity contribution in [2.45, 2.75) is 57.0 Å². The van der Waals surface area contributed by atoms with Crippen molar-refractivity contribution in [1.29, 1.82) is 0 Å². The van der Waals surface area contributed by atoms with Crippen LogP contribution in [0.2, 0.25) is 5.02 Å². The molecule has 3 heterocycles. The maximum absolute atomic E-state index is 14.2. The van der Waals surface area contributed by atoms with E-state index in [-0.39, 0.29) is 32.0 Å². The Morgan fingerprint density at radius 3 is 2.47 bits per heavy atom. The Morgan fingerprint density at radius 1 is 1.00 bits per heavy atom. The van der Waals surface area contributed by atoms with Crippen LogP contribution in [-0.2, 0) is 34.6 Å². The highest BCUT2D eigenvalue weighted by Crippen LogP contribution is 2.48. The molecule has 1 spiro atoms. The van der Waals surface area contributed by atoms with Crippen LogP contribution in [0.3, 0.4) is 0 Å². The second-order valence-electron chi connectivity index (χ2n) is 11.0. The SMILES string of the molecule is O=C(OCc1ccccc1)N1CCC2(CC1)C(=O)N(Cc1nc3cc(Cl)ccc3n1CCCC(F)(F)F)c1ccccc12. The number of anilines is 1. The number of likely N-dealkylation sites (tertiary alicyclic amines) is 1. The Balaban J connectivity index is 1.22. The third-order valence-electron chi connectivity index (χ3n) is 8.38. The predicted octanol–water partition coefficient (Wildman–Crippen LogP) is 7.25. The highest BCUT2D eigenvalue weighted by molar-refractivity contribution is 6.31. The molecule has 6 rings (SSSR count). The summed E-state index contributed by atoms with van der Waals surface area (Å²) in [5.41, 5.74) is 2.94. The number of para-hydroxylation sites is 1. The molecule has 1 aromatic heterocycles. The van der Waals surface area contributed by atoms with E-state index in [1.165, 1.54) is 0 Å². The molecule has 2 aliphatic heterocycles. The average Bonchev–Trinajstić information content (AvgIpc) is 3.44. The van der Waals surface area contributed by atoms with E-state index in [1.54, 1.807) is 32.6 Å². The maximum Gasteiger partial charge on any atom is 0.410 e. The molecule has 11 heteroatoms. The fourth-order valence-electron chi connectivity index (χ4n) is 6.22. The number of alkyl halides is 3. The number of benzene rings is 3. The third-order valence-corrected chi connectivity index (χ3v) is 8.61. The number of aromatic nitrogens is 2. The summed E-state index contributed by atoms with van der Waals surface area (Å²) in [6.45, 7) is 1.08. The maximum atomic E-state index is 14.2. The first-order chi connectivity index (χ1) is 20.6. The molecule has 0 bridgehead atoms. The molecule has 0 atom stereocenters. The van der Waals surface area contributed by atoms with Gasteiger partial charge in [-0.1, -0.05) is 60.1 Å². The van der Waals surface area contributed by atoms with E-state index in [2.05, 4.69) is 0 Å². The normalized spacial score (nSPS) is 16.2. The number of ether oxygens (including phenoxy) is 1. The molecule has 1 saturated heterocycles. The summed E-state index contributed by atoms with van der Waals surface area (Å²) in [5.74, 6) is 0.388. The minimum atomic E-state index is -4.26. The Labute approximate surface area is 251 Å². The monoisotopic (exact) mass is 610 g/mol. The first kappa shape index (κ1) is 29.0. The standard InChI is InChI=1S/C32H30ClF3N4O3/c33-23-11-12-27-25(19-23)37-28(39(27)16-6-13-32(34,35)36)20-40-26-10-5-4-9-24(26)31(29(40)41)14-17-38(18-15-31)30(42)43-21-22-7-2-1-3-8-22/h1-5,7-12,19H,6,13-18,20-21H2. The lowest BCUT2D eigenvalue weighted by Gasteiger charge is -2.38. The van der Waals surface area contributed by atoms with Gasteiger partial charge in [0.25, 0.3) is 0 Å². The van der Waals surface area contributed by atoms with Gasteiger partial charge >= 0.3 is 12.3 Å². The summed E-state index contributed by atoms with van der Waals surface area (Å²) < 4.78 is 46.2. The Hall–Kier alpha value is -4.05. The van der Waals surface area contributed by atoms with Crippen molar-refractivity contribution in [3.63, 3.8) is 0 Å². The fraction of sp³-hybridized carbons (Fsp3) is 0.344. The van der Waals surface area contributed by atoms with Crippen molar-refractivity contribution in [2.24, 2.45) is 0 Å². The molecule has 7 nitrogen and oxygen atoms in total. The summed E-state index contributed by atoms with van der Waals surface area (Å²) in [7, 11) is 0. The van der Waals surface area contributed by atoms with Gasteiger partial charge in [-0.05, 0) is 54.7 Å². The summed E-state index contributed by atoms with van der Waals surface area (Å²) in [5, 5.41) is 0.467. The van der Waals surface area contributed by atoms with Crippen LogP contribution in [0.4, 0.5) is 23.7 Å². The van der Waals surface area contributed by atoms with Gasteiger partial charge in [0, 0.05) is 36.8 Å². The number of amides is 2. The van der Waals surface area contributed by atoms with Crippen LogP contribution in [0.15, 0.2) is 72.8 Å². The van der Waals surface area contributed by atoms with Gasteiger partial charge < -0.3 is 19.1 Å². The zero-order valence-corrected chi connectivity index (χ0v) is 24.1. The van der Waals surface area contributed by atoms with Crippen LogP contribution in [-0.4, -0.2) is 45.7 Å². The number of fused-ring (bicyclic) bond motifs is 3. The van der Waals surface area contributed by atoms with Gasteiger partial charge in [-0.3, -0.25) is 4.79 Å². The quantitative estimate of drug-likeness (QED) is 0.221. The van der Waals surface area contributed by atoms with Crippen molar-refractivity contribution in [3.05, 3.63) is 94.8 Å². The molecule has 2 amide bonds. The number of hydrogen-bond acceptors (Lipinski definition) is 4. The largest absolute Gasteiger partial charge is 0.445 e. The van der Waals surface area contributed by atoms with Crippen LogP contribution in [0.25, 0.3) is 11.0 Å². The smallest absolute Gasteiger partial charge is 0.410 e. The van der Waals surface area contributed by atoms with E-state index in [0.717, 1.165) is 16.8 Å². The molecular formula is C32H30ClF3N4O3. The van der Waals surface area contributed by atoms with Crippen molar-refractivity contribution >= 4 is 40.3 Å². The van der Waals surface area contributed by atoms with Crippen LogP contribution in [0.5, 0.6) is 0 Å². The van der Waals surface area contributed by atoms with Crippen LogP contribution >= 0.6 is 11.6 Å². The van der Waals surface area contributed by atoms with Crippen molar-refractivity contribution in [1.82, 2.24) is 14.5 Å². The first-order valence-corrected chi connectivity index (χ1v) is 14.6. The van der Waals surface area contributed by atoms with Crippen LogP contribution in [0.1, 0.15) is 42.6 Å². The van der Waals surface area contributed by atoms with E-state index in [1.807, 2.05) is 54.6 Å². The number of aryl methyl sites for hydroxylation is 1. The van der Waals surface area contributed by atoms with Crippen LogP contribution in [0, 0.1) is 0 Å². The van der Waals surface area contributed by atoms with Gasteiger partial charge in [0.2, 0.25) is 5.91 Å².